The second-order valence-electron chi connectivity index (χ2n) is 4.58. The second kappa shape index (κ2) is 5.06. The SMILES string of the molecule is CCCCc1c(C#N)c2ccccc2n1S(C)(=O)=O. The van der Waals surface area contributed by atoms with Gasteiger partial charge in [0.05, 0.1) is 23.0 Å². The summed E-state index contributed by atoms with van der Waals surface area (Å²) in [6, 6.07) is 9.30. The molecule has 19 heavy (non-hydrogen) atoms. The van der Waals surface area contributed by atoms with Gasteiger partial charge in [0.15, 0.2) is 0 Å². The van der Waals surface area contributed by atoms with Gasteiger partial charge in [-0.2, -0.15) is 5.26 Å². The third kappa shape index (κ3) is 2.36. The van der Waals surface area contributed by atoms with Crippen LogP contribution in [-0.2, 0) is 16.4 Å². The third-order valence-electron chi connectivity index (χ3n) is 3.14. The molecule has 0 unspecified atom stereocenters. The Morgan fingerprint density at radius 1 is 1.32 bits per heavy atom. The number of nitriles is 1. The van der Waals surface area contributed by atoms with Crippen LogP contribution in [0.1, 0.15) is 31.0 Å². The van der Waals surface area contributed by atoms with E-state index in [-0.39, 0.29) is 0 Å². The average molecular weight is 276 g/mol. The van der Waals surface area contributed by atoms with Gasteiger partial charge in [0, 0.05) is 5.39 Å². The summed E-state index contributed by atoms with van der Waals surface area (Å²) in [4.78, 5) is 0. The number of unbranched alkanes of at least 4 members (excludes halogenated alkanes) is 1. The van der Waals surface area contributed by atoms with Crippen LogP contribution in [0, 0.1) is 11.3 Å². The van der Waals surface area contributed by atoms with Crippen LogP contribution in [0.3, 0.4) is 0 Å². The molecule has 0 bridgehead atoms. The molecule has 4 nitrogen and oxygen atoms in total. The van der Waals surface area contributed by atoms with Crippen molar-refractivity contribution in [3.63, 3.8) is 0 Å². The highest BCUT2D eigenvalue weighted by molar-refractivity contribution is 7.89. The lowest BCUT2D eigenvalue weighted by Crippen LogP contribution is -2.13. The number of para-hydroxylation sites is 1. The van der Waals surface area contributed by atoms with Gasteiger partial charge < -0.3 is 0 Å². The lowest BCUT2D eigenvalue weighted by molar-refractivity contribution is 0.592. The number of nitrogens with zero attached hydrogens (tertiary/aromatic N) is 2. The van der Waals surface area contributed by atoms with E-state index in [1.807, 2.05) is 13.0 Å². The fraction of sp³-hybridized carbons (Fsp3) is 0.357. The molecule has 1 aromatic carbocycles. The highest BCUT2D eigenvalue weighted by Crippen LogP contribution is 2.28. The number of rotatable bonds is 4. The normalized spacial score (nSPS) is 11.6. The molecule has 100 valence electrons. The monoisotopic (exact) mass is 276 g/mol. The maximum atomic E-state index is 12.0. The van der Waals surface area contributed by atoms with Crippen LogP contribution in [-0.4, -0.2) is 18.6 Å². The summed E-state index contributed by atoms with van der Waals surface area (Å²) >= 11 is 0. The predicted octanol–water partition coefficient (Wildman–Crippen LogP) is 2.66. The molecule has 5 heteroatoms. The molecule has 2 aromatic rings. The zero-order valence-electron chi connectivity index (χ0n) is 11.0. The molecular formula is C14H16N2O2S. The van der Waals surface area contributed by atoms with Gasteiger partial charge in [-0.25, -0.2) is 12.4 Å². The van der Waals surface area contributed by atoms with Gasteiger partial charge in [0.1, 0.15) is 6.07 Å². The van der Waals surface area contributed by atoms with Crippen LogP contribution in [0.15, 0.2) is 24.3 Å². The molecule has 1 heterocycles. The Hall–Kier alpha value is -1.80. The first kappa shape index (κ1) is 13.6. The van der Waals surface area contributed by atoms with Crippen LogP contribution >= 0.6 is 0 Å². The Morgan fingerprint density at radius 3 is 2.58 bits per heavy atom. The molecule has 0 saturated heterocycles. The molecule has 0 fully saturated rings. The van der Waals surface area contributed by atoms with Crippen LogP contribution in [0.2, 0.25) is 0 Å². The van der Waals surface area contributed by atoms with Crippen LogP contribution in [0.5, 0.6) is 0 Å². The van der Waals surface area contributed by atoms with Crippen molar-refractivity contribution >= 4 is 20.9 Å². The summed E-state index contributed by atoms with van der Waals surface area (Å²) in [5, 5.41) is 10.0. The second-order valence-corrected chi connectivity index (χ2v) is 6.41. The first-order valence-electron chi connectivity index (χ1n) is 6.23. The van der Waals surface area contributed by atoms with Crippen LogP contribution < -0.4 is 0 Å². The predicted molar refractivity (Wildman–Crippen MR) is 75.5 cm³/mol. The number of aromatic nitrogens is 1. The third-order valence-corrected chi connectivity index (χ3v) is 4.22. The van der Waals surface area contributed by atoms with Crippen LogP contribution in [0.25, 0.3) is 10.9 Å². The quantitative estimate of drug-likeness (QED) is 0.862. The van der Waals surface area contributed by atoms with Crippen molar-refractivity contribution in [1.29, 1.82) is 5.26 Å². The summed E-state index contributed by atoms with van der Waals surface area (Å²) in [5.41, 5.74) is 1.68. The van der Waals surface area contributed by atoms with Gasteiger partial charge in [-0.15, -0.1) is 0 Å². The van der Waals surface area contributed by atoms with E-state index in [1.54, 1.807) is 18.2 Å². The highest BCUT2D eigenvalue weighted by atomic mass is 32.2. The molecule has 0 aliphatic heterocycles. The Morgan fingerprint density at radius 2 is 2.00 bits per heavy atom. The molecule has 0 amide bonds. The molecule has 0 spiro atoms. The Labute approximate surface area is 113 Å². The first-order valence-corrected chi connectivity index (χ1v) is 8.08. The Bertz CT molecular complexity index is 752. The fourth-order valence-electron chi connectivity index (χ4n) is 2.34. The Balaban J connectivity index is 2.86. The molecule has 0 N–H and O–H groups in total. The zero-order valence-corrected chi connectivity index (χ0v) is 11.9. The standard InChI is InChI=1S/C14H16N2O2S/c1-3-4-8-14-12(10-15)11-7-5-6-9-13(11)16(14)19(2,17)18/h5-7,9H,3-4,8H2,1-2H3. The van der Waals surface area contributed by atoms with Gasteiger partial charge >= 0.3 is 0 Å². The molecule has 0 atom stereocenters. The van der Waals surface area contributed by atoms with E-state index in [0.29, 0.717) is 28.6 Å². The minimum absolute atomic E-state index is 0.481. The van der Waals surface area contributed by atoms with Crippen LogP contribution in [0.4, 0.5) is 0 Å². The summed E-state index contributed by atoms with van der Waals surface area (Å²) < 4.78 is 25.3. The van der Waals surface area contributed by atoms with Crippen molar-refractivity contribution in [1.82, 2.24) is 3.97 Å². The maximum absolute atomic E-state index is 12.0. The van der Waals surface area contributed by atoms with E-state index in [0.717, 1.165) is 12.8 Å². The van der Waals surface area contributed by atoms with Gasteiger partial charge in [-0.3, -0.25) is 0 Å². The summed E-state index contributed by atoms with van der Waals surface area (Å²) in [7, 11) is -3.41. The smallest absolute Gasteiger partial charge is 0.236 e. The number of benzene rings is 1. The highest BCUT2D eigenvalue weighted by Gasteiger charge is 2.21. The maximum Gasteiger partial charge on any atom is 0.236 e. The van der Waals surface area contributed by atoms with Gasteiger partial charge in [0.2, 0.25) is 10.0 Å². The van der Waals surface area contributed by atoms with E-state index in [4.69, 9.17) is 0 Å². The lowest BCUT2D eigenvalue weighted by atomic mass is 10.1. The molecule has 0 aliphatic carbocycles. The van der Waals surface area contributed by atoms with Crippen molar-refractivity contribution in [3.05, 3.63) is 35.5 Å². The van der Waals surface area contributed by atoms with Gasteiger partial charge in [-0.1, -0.05) is 31.5 Å². The van der Waals surface area contributed by atoms with Crippen molar-refractivity contribution in [2.45, 2.75) is 26.2 Å². The zero-order chi connectivity index (χ0) is 14.0. The van der Waals surface area contributed by atoms with Crippen molar-refractivity contribution in [2.24, 2.45) is 0 Å². The topological polar surface area (TPSA) is 62.9 Å². The minimum atomic E-state index is -3.41. The number of hydrogen-bond donors (Lipinski definition) is 0. The first-order chi connectivity index (χ1) is 9.00. The molecule has 1 aromatic heterocycles. The van der Waals surface area contributed by atoms with E-state index >= 15 is 0 Å². The average Bonchev–Trinajstić information content (AvgIpc) is 2.69. The molecule has 0 saturated carbocycles. The Kier molecular flexibility index (Phi) is 3.63. The van der Waals surface area contributed by atoms with Crippen molar-refractivity contribution < 1.29 is 8.42 Å². The summed E-state index contributed by atoms with van der Waals surface area (Å²) in [6.07, 6.45) is 3.59. The molecule has 0 radical (unpaired) electrons. The largest absolute Gasteiger partial charge is 0.241 e. The van der Waals surface area contributed by atoms with Crippen molar-refractivity contribution in [2.75, 3.05) is 6.26 Å². The number of hydrogen-bond acceptors (Lipinski definition) is 3. The summed E-state index contributed by atoms with van der Waals surface area (Å²) in [5.74, 6) is 0. The van der Waals surface area contributed by atoms with E-state index in [9.17, 15) is 13.7 Å². The lowest BCUT2D eigenvalue weighted by Gasteiger charge is -2.08. The fourth-order valence-corrected chi connectivity index (χ4v) is 3.44. The van der Waals surface area contributed by atoms with E-state index in [2.05, 4.69) is 6.07 Å². The molecular weight excluding hydrogens is 260 g/mol. The van der Waals surface area contributed by atoms with Gasteiger partial charge in [-0.05, 0) is 18.9 Å². The summed E-state index contributed by atoms with van der Waals surface area (Å²) in [6.45, 7) is 2.04. The van der Waals surface area contributed by atoms with Crippen molar-refractivity contribution in [3.8, 4) is 6.07 Å². The van der Waals surface area contributed by atoms with E-state index < -0.39 is 10.0 Å². The number of fused-ring (bicyclic) bond motifs is 1. The molecule has 0 aliphatic rings. The van der Waals surface area contributed by atoms with E-state index in [1.165, 1.54) is 10.2 Å². The van der Waals surface area contributed by atoms with Gasteiger partial charge in [0.25, 0.3) is 0 Å². The molecule has 2 rings (SSSR count). The minimum Gasteiger partial charge on any atom is -0.241 e.